The van der Waals surface area contributed by atoms with Crippen LogP contribution in [0, 0.1) is 6.92 Å². The van der Waals surface area contributed by atoms with Gasteiger partial charge < -0.3 is 14.5 Å². The molecule has 0 amide bonds. The number of morpholine rings is 1. The van der Waals surface area contributed by atoms with E-state index in [-0.39, 0.29) is 0 Å². The van der Waals surface area contributed by atoms with Crippen LogP contribution in [-0.4, -0.2) is 44.3 Å². The number of likely N-dealkylation sites (N-methyl/N-ethyl adjacent to an activating group) is 1. The Morgan fingerprint density at radius 3 is 3.00 bits per heavy atom. The van der Waals surface area contributed by atoms with Crippen LogP contribution < -0.4 is 5.32 Å². The molecule has 1 fully saturated rings. The Labute approximate surface area is 96.6 Å². The molecule has 4 heteroatoms. The van der Waals surface area contributed by atoms with Gasteiger partial charge in [-0.15, -0.1) is 0 Å². The van der Waals surface area contributed by atoms with Crippen molar-refractivity contribution in [3.05, 3.63) is 23.7 Å². The third-order valence-electron chi connectivity index (χ3n) is 2.75. The quantitative estimate of drug-likeness (QED) is 0.828. The van der Waals surface area contributed by atoms with E-state index in [9.17, 15) is 0 Å². The van der Waals surface area contributed by atoms with E-state index >= 15 is 0 Å². The minimum Gasteiger partial charge on any atom is -0.465 e. The van der Waals surface area contributed by atoms with E-state index in [1.807, 2.05) is 19.1 Å². The molecule has 0 radical (unpaired) electrons. The summed E-state index contributed by atoms with van der Waals surface area (Å²) in [6, 6.07) is 4.48. The zero-order valence-electron chi connectivity index (χ0n) is 10.0. The lowest BCUT2D eigenvalue weighted by molar-refractivity contribution is 0.0637. The molecule has 0 aliphatic carbocycles. The van der Waals surface area contributed by atoms with Crippen LogP contribution in [0.1, 0.15) is 11.5 Å². The average molecular weight is 224 g/mol. The maximum absolute atomic E-state index is 5.55. The molecule has 90 valence electrons. The van der Waals surface area contributed by atoms with Crippen molar-refractivity contribution in [3.63, 3.8) is 0 Å². The Hall–Kier alpha value is -0.840. The number of nitrogens with one attached hydrogen (secondary N) is 1. The summed E-state index contributed by atoms with van der Waals surface area (Å²) in [4.78, 5) is 2.25. The summed E-state index contributed by atoms with van der Waals surface area (Å²) in [5.74, 6) is 2.00. The van der Waals surface area contributed by atoms with Crippen molar-refractivity contribution in [2.45, 2.75) is 19.5 Å². The molecule has 0 saturated carbocycles. The van der Waals surface area contributed by atoms with Crippen LogP contribution in [0.15, 0.2) is 16.5 Å². The number of hydrogen-bond donors (Lipinski definition) is 1. The van der Waals surface area contributed by atoms with Crippen LogP contribution in [-0.2, 0) is 11.3 Å². The van der Waals surface area contributed by atoms with E-state index in [2.05, 4.69) is 17.3 Å². The highest BCUT2D eigenvalue weighted by Gasteiger charge is 2.15. The van der Waals surface area contributed by atoms with Gasteiger partial charge in [-0.2, -0.15) is 0 Å². The lowest BCUT2D eigenvalue weighted by Gasteiger charge is -2.27. The zero-order valence-corrected chi connectivity index (χ0v) is 10.0. The molecular formula is C12H20N2O2. The molecule has 16 heavy (non-hydrogen) atoms. The fourth-order valence-electron chi connectivity index (χ4n) is 2.01. The summed E-state index contributed by atoms with van der Waals surface area (Å²) in [6.45, 7) is 6.41. The van der Waals surface area contributed by atoms with Crippen molar-refractivity contribution in [1.82, 2.24) is 10.2 Å². The molecular weight excluding hydrogens is 204 g/mol. The highest BCUT2D eigenvalue weighted by Crippen LogP contribution is 2.09. The summed E-state index contributed by atoms with van der Waals surface area (Å²) >= 11 is 0. The fraction of sp³-hybridized carbons (Fsp3) is 0.667. The van der Waals surface area contributed by atoms with Crippen molar-refractivity contribution >= 4 is 0 Å². The number of ether oxygens (including phenoxy) is 1. The minimum atomic E-state index is 0.440. The van der Waals surface area contributed by atoms with Crippen molar-refractivity contribution < 1.29 is 9.15 Å². The Morgan fingerprint density at radius 2 is 2.38 bits per heavy atom. The van der Waals surface area contributed by atoms with Gasteiger partial charge in [0.15, 0.2) is 0 Å². The number of furan rings is 1. The second-order valence-electron chi connectivity index (χ2n) is 4.44. The van der Waals surface area contributed by atoms with Crippen LogP contribution in [0.4, 0.5) is 0 Å². The monoisotopic (exact) mass is 224 g/mol. The average Bonchev–Trinajstić information content (AvgIpc) is 2.65. The lowest BCUT2D eigenvalue weighted by Crippen LogP contribution is -2.47. The van der Waals surface area contributed by atoms with Gasteiger partial charge in [-0.25, -0.2) is 0 Å². The first-order valence-electron chi connectivity index (χ1n) is 5.79. The normalized spacial score (nSPS) is 21.6. The fourth-order valence-corrected chi connectivity index (χ4v) is 2.01. The van der Waals surface area contributed by atoms with Crippen LogP contribution in [0.3, 0.4) is 0 Å². The second-order valence-corrected chi connectivity index (χ2v) is 4.44. The summed E-state index contributed by atoms with van der Waals surface area (Å²) in [5.41, 5.74) is 0. The third-order valence-corrected chi connectivity index (χ3v) is 2.75. The van der Waals surface area contributed by atoms with Crippen LogP contribution in [0.25, 0.3) is 0 Å². The van der Waals surface area contributed by atoms with Gasteiger partial charge in [0.1, 0.15) is 11.5 Å². The highest BCUT2D eigenvalue weighted by molar-refractivity contribution is 5.05. The molecule has 1 atom stereocenters. The van der Waals surface area contributed by atoms with Gasteiger partial charge in [-0.1, -0.05) is 0 Å². The molecule has 1 aromatic rings. The van der Waals surface area contributed by atoms with Gasteiger partial charge in [-0.05, 0) is 26.1 Å². The van der Waals surface area contributed by atoms with Crippen molar-refractivity contribution in [1.29, 1.82) is 0 Å². The zero-order chi connectivity index (χ0) is 11.4. The van der Waals surface area contributed by atoms with E-state index in [1.54, 1.807) is 0 Å². The maximum Gasteiger partial charge on any atom is 0.118 e. The topological polar surface area (TPSA) is 37.6 Å². The SMILES string of the molecule is Cc1ccc(CN(C)CC2COCCN2)o1. The maximum atomic E-state index is 5.55. The van der Waals surface area contributed by atoms with Gasteiger partial charge in [0.25, 0.3) is 0 Å². The summed E-state index contributed by atoms with van der Waals surface area (Å²) in [7, 11) is 2.11. The van der Waals surface area contributed by atoms with Crippen LogP contribution >= 0.6 is 0 Å². The van der Waals surface area contributed by atoms with Gasteiger partial charge >= 0.3 is 0 Å². The molecule has 4 nitrogen and oxygen atoms in total. The van der Waals surface area contributed by atoms with Gasteiger partial charge in [0, 0.05) is 19.1 Å². The van der Waals surface area contributed by atoms with Crippen LogP contribution in [0.2, 0.25) is 0 Å². The Morgan fingerprint density at radius 1 is 1.50 bits per heavy atom. The molecule has 0 aromatic carbocycles. The van der Waals surface area contributed by atoms with Crippen LogP contribution in [0.5, 0.6) is 0 Å². The third kappa shape index (κ3) is 3.33. The van der Waals surface area contributed by atoms with E-state index < -0.39 is 0 Å². The lowest BCUT2D eigenvalue weighted by atomic mass is 10.2. The number of rotatable bonds is 4. The summed E-state index contributed by atoms with van der Waals surface area (Å²) in [6.07, 6.45) is 0. The minimum absolute atomic E-state index is 0.440. The summed E-state index contributed by atoms with van der Waals surface area (Å²) in [5, 5.41) is 3.44. The molecule has 1 unspecified atom stereocenters. The molecule has 1 N–H and O–H groups in total. The predicted octanol–water partition coefficient (Wildman–Crippen LogP) is 1.01. The van der Waals surface area contributed by atoms with Gasteiger partial charge in [0.05, 0.1) is 19.8 Å². The van der Waals surface area contributed by atoms with Crippen molar-refractivity contribution in [2.24, 2.45) is 0 Å². The predicted molar refractivity (Wildman–Crippen MR) is 62.4 cm³/mol. The van der Waals surface area contributed by atoms with Gasteiger partial charge in [-0.3, -0.25) is 4.90 Å². The van der Waals surface area contributed by atoms with Crippen molar-refractivity contribution in [2.75, 3.05) is 33.4 Å². The summed E-state index contributed by atoms with van der Waals surface area (Å²) < 4.78 is 11.0. The van der Waals surface area contributed by atoms with Crippen molar-refractivity contribution in [3.8, 4) is 0 Å². The second kappa shape index (κ2) is 5.48. The molecule has 2 rings (SSSR count). The molecule has 1 aromatic heterocycles. The molecule has 1 saturated heterocycles. The first-order valence-corrected chi connectivity index (χ1v) is 5.79. The number of aryl methyl sites for hydroxylation is 1. The van der Waals surface area contributed by atoms with E-state index in [0.29, 0.717) is 6.04 Å². The Bertz CT molecular complexity index is 319. The Balaban J connectivity index is 1.77. The molecule has 2 heterocycles. The first-order chi connectivity index (χ1) is 7.74. The van der Waals surface area contributed by atoms with E-state index in [1.165, 1.54) is 0 Å². The molecule has 0 spiro atoms. The number of hydrogen-bond acceptors (Lipinski definition) is 4. The standard InChI is InChI=1S/C12H20N2O2/c1-10-3-4-12(16-10)8-14(2)7-11-9-15-6-5-13-11/h3-4,11,13H,5-9H2,1-2H3. The number of nitrogens with zero attached hydrogens (tertiary/aromatic N) is 1. The van der Waals surface area contributed by atoms with Gasteiger partial charge in [0.2, 0.25) is 0 Å². The molecule has 1 aliphatic heterocycles. The highest BCUT2D eigenvalue weighted by atomic mass is 16.5. The first kappa shape index (κ1) is 11.6. The van der Waals surface area contributed by atoms with E-state index in [0.717, 1.165) is 44.4 Å². The smallest absolute Gasteiger partial charge is 0.118 e. The molecule has 0 bridgehead atoms. The largest absolute Gasteiger partial charge is 0.465 e. The molecule has 1 aliphatic rings. The van der Waals surface area contributed by atoms with E-state index in [4.69, 9.17) is 9.15 Å². The Kier molecular flexibility index (Phi) is 3.98.